The highest BCUT2D eigenvalue weighted by Crippen LogP contribution is 2.79. The topological polar surface area (TPSA) is 26.3 Å². The third-order valence-electron chi connectivity index (χ3n) is 4.22. The predicted octanol–water partition coefficient (Wildman–Crippen LogP) is 1.20. The Morgan fingerprint density at radius 1 is 1.64 bits per heavy atom. The highest BCUT2D eigenvalue weighted by atomic mass is 16.5. The monoisotopic (exact) mass is 152 g/mol. The van der Waals surface area contributed by atoms with Gasteiger partial charge in [-0.25, -0.2) is 0 Å². The van der Waals surface area contributed by atoms with Crippen LogP contribution in [0, 0.1) is 23.2 Å². The SMILES string of the molecule is CC12CC3CC1C2C3OC=O. The molecule has 4 rings (SSSR count). The normalized spacial score (nSPS) is 63.0. The summed E-state index contributed by atoms with van der Waals surface area (Å²) in [4.78, 5) is 10.2. The first-order valence-electron chi connectivity index (χ1n) is 4.36. The molecule has 2 nitrogen and oxygen atoms in total. The summed E-state index contributed by atoms with van der Waals surface area (Å²) in [5, 5.41) is 0. The van der Waals surface area contributed by atoms with Gasteiger partial charge in [0.25, 0.3) is 6.47 Å². The Bertz CT molecular complexity index is 226. The summed E-state index contributed by atoms with van der Waals surface area (Å²) in [5.41, 5.74) is 0.582. The van der Waals surface area contributed by atoms with Crippen molar-refractivity contribution in [3.05, 3.63) is 0 Å². The first kappa shape index (κ1) is 6.04. The zero-order valence-electron chi connectivity index (χ0n) is 6.62. The molecule has 0 radical (unpaired) electrons. The number of rotatable bonds is 2. The summed E-state index contributed by atoms with van der Waals surface area (Å²) < 4.78 is 5.10. The van der Waals surface area contributed by atoms with Gasteiger partial charge in [-0.1, -0.05) is 6.92 Å². The molecule has 0 aromatic heterocycles. The van der Waals surface area contributed by atoms with E-state index in [2.05, 4.69) is 6.92 Å². The minimum atomic E-state index is 0.294. The molecular weight excluding hydrogens is 140 g/mol. The van der Waals surface area contributed by atoms with Gasteiger partial charge in [-0.05, 0) is 30.1 Å². The van der Waals surface area contributed by atoms with Crippen LogP contribution >= 0.6 is 0 Å². The highest BCUT2D eigenvalue weighted by molar-refractivity contribution is 5.40. The average molecular weight is 152 g/mol. The smallest absolute Gasteiger partial charge is 0.293 e. The van der Waals surface area contributed by atoms with Crippen molar-refractivity contribution in [3.63, 3.8) is 0 Å². The van der Waals surface area contributed by atoms with Crippen LogP contribution in [-0.4, -0.2) is 12.6 Å². The van der Waals surface area contributed by atoms with E-state index in [1.54, 1.807) is 0 Å². The van der Waals surface area contributed by atoms with Gasteiger partial charge in [0.15, 0.2) is 0 Å². The van der Waals surface area contributed by atoms with Gasteiger partial charge in [0, 0.05) is 5.92 Å². The van der Waals surface area contributed by atoms with E-state index in [0.29, 0.717) is 23.9 Å². The fraction of sp³-hybridized carbons (Fsp3) is 0.889. The molecule has 4 aliphatic carbocycles. The van der Waals surface area contributed by atoms with Crippen molar-refractivity contribution in [2.24, 2.45) is 23.2 Å². The zero-order chi connectivity index (χ0) is 7.64. The Kier molecular flexibility index (Phi) is 0.809. The van der Waals surface area contributed by atoms with Gasteiger partial charge in [-0.3, -0.25) is 4.79 Å². The van der Waals surface area contributed by atoms with E-state index in [-0.39, 0.29) is 0 Å². The lowest BCUT2D eigenvalue weighted by Crippen LogP contribution is -2.15. The largest absolute Gasteiger partial charge is 0.464 e. The molecular formula is C9H12O2. The van der Waals surface area contributed by atoms with Gasteiger partial charge in [-0.15, -0.1) is 0 Å². The molecule has 11 heavy (non-hydrogen) atoms. The first-order chi connectivity index (χ1) is 5.27. The lowest BCUT2D eigenvalue weighted by Gasteiger charge is -2.10. The lowest BCUT2D eigenvalue weighted by atomic mass is 10.1. The van der Waals surface area contributed by atoms with Crippen LogP contribution in [0.3, 0.4) is 0 Å². The van der Waals surface area contributed by atoms with E-state index in [0.717, 1.165) is 11.8 Å². The van der Waals surface area contributed by atoms with Crippen molar-refractivity contribution >= 4 is 6.47 Å². The molecule has 60 valence electrons. The molecule has 4 saturated carbocycles. The second-order valence-electron chi connectivity index (χ2n) is 4.53. The van der Waals surface area contributed by atoms with E-state index in [9.17, 15) is 4.79 Å². The van der Waals surface area contributed by atoms with Crippen LogP contribution in [0.15, 0.2) is 0 Å². The molecule has 0 N–H and O–H groups in total. The summed E-state index contributed by atoms with van der Waals surface area (Å²) >= 11 is 0. The first-order valence-corrected chi connectivity index (χ1v) is 4.36. The third-order valence-corrected chi connectivity index (χ3v) is 4.22. The number of hydrogen-bond donors (Lipinski definition) is 0. The standard InChI is InChI=1S/C9H12O2/c1-9-3-5-2-6(9)7(9)8(5)11-4-10/h4-8H,2-3H2,1H3. The van der Waals surface area contributed by atoms with E-state index in [1.807, 2.05) is 0 Å². The Morgan fingerprint density at radius 3 is 2.82 bits per heavy atom. The van der Waals surface area contributed by atoms with Crippen molar-refractivity contribution in [3.8, 4) is 0 Å². The highest BCUT2D eigenvalue weighted by Gasteiger charge is 2.77. The minimum absolute atomic E-state index is 0.294. The lowest BCUT2D eigenvalue weighted by molar-refractivity contribution is -0.135. The maximum absolute atomic E-state index is 10.2. The second-order valence-corrected chi connectivity index (χ2v) is 4.53. The van der Waals surface area contributed by atoms with Crippen molar-refractivity contribution in [2.45, 2.75) is 25.9 Å². The Morgan fingerprint density at radius 2 is 2.45 bits per heavy atom. The number of ether oxygens (including phenoxy) is 1. The quantitative estimate of drug-likeness (QED) is 0.556. The minimum Gasteiger partial charge on any atom is -0.464 e. The van der Waals surface area contributed by atoms with E-state index in [1.165, 1.54) is 12.8 Å². The molecule has 0 amide bonds. The van der Waals surface area contributed by atoms with E-state index in [4.69, 9.17) is 4.74 Å². The Balaban J connectivity index is 1.88. The summed E-state index contributed by atoms with van der Waals surface area (Å²) in [5.74, 6) is 2.34. The molecule has 0 heterocycles. The van der Waals surface area contributed by atoms with Gasteiger partial charge in [0.1, 0.15) is 6.10 Å². The number of carbonyl (C=O) groups excluding carboxylic acids is 1. The summed E-state index contributed by atoms with van der Waals surface area (Å²) in [6.45, 7) is 2.97. The second kappa shape index (κ2) is 1.47. The molecule has 2 heteroatoms. The zero-order valence-corrected chi connectivity index (χ0v) is 6.62. The van der Waals surface area contributed by atoms with Gasteiger partial charge in [0.2, 0.25) is 0 Å². The maximum atomic E-state index is 10.2. The Hall–Kier alpha value is -0.530. The van der Waals surface area contributed by atoms with Crippen LogP contribution in [0.25, 0.3) is 0 Å². The summed E-state index contributed by atoms with van der Waals surface area (Å²) in [6.07, 6.45) is 2.92. The van der Waals surface area contributed by atoms with Crippen LogP contribution in [0.5, 0.6) is 0 Å². The molecule has 4 fully saturated rings. The van der Waals surface area contributed by atoms with Gasteiger partial charge in [0.05, 0.1) is 0 Å². The van der Waals surface area contributed by atoms with Crippen LogP contribution in [0.4, 0.5) is 0 Å². The molecule has 4 aliphatic rings. The van der Waals surface area contributed by atoms with Crippen LogP contribution < -0.4 is 0 Å². The maximum Gasteiger partial charge on any atom is 0.293 e. The fourth-order valence-electron chi connectivity index (χ4n) is 3.78. The molecule has 5 unspecified atom stereocenters. The van der Waals surface area contributed by atoms with Crippen LogP contribution in [-0.2, 0) is 9.53 Å². The van der Waals surface area contributed by atoms with E-state index < -0.39 is 0 Å². The molecule has 0 aromatic carbocycles. The molecule has 0 aliphatic heterocycles. The molecule has 0 spiro atoms. The van der Waals surface area contributed by atoms with E-state index >= 15 is 0 Å². The molecule has 0 aromatic rings. The van der Waals surface area contributed by atoms with Gasteiger partial charge < -0.3 is 4.74 Å². The average Bonchev–Trinajstić information content (AvgIpc) is 2.37. The van der Waals surface area contributed by atoms with Crippen molar-refractivity contribution < 1.29 is 9.53 Å². The van der Waals surface area contributed by atoms with Crippen LogP contribution in [0.1, 0.15) is 19.8 Å². The molecule has 0 saturated heterocycles. The van der Waals surface area contributed by atoms with Gasteiger partial charge >= 0.3 is 0 Å². The fourth-order valence-corrected chi connectivity index (χ4v) is 3.78. The Labute approximate surface area is 65.9 Å². The summed E-state index contributed by atoms with van der Waals surface area (Å²) in [6, 6.07) is 0. The van der Waals surface area contributed by atoms with Crippen molar-refractivity contribution in [2.75, 3.05) is 0 Å². The number of carbonyl (C=O) groups is 1. The summed E-state index contributed by atoms with van der Waals surface area (Å²) in [7, 11) is 0. The van der Waals surface area contributed by atoms with Gasteiger partial charge in [-0.2, -0.15) is 0 Å². The molecule has 4 bridgehead atoms. The molecule has 5 atom stereocenters. The van der Waals surface area contributed by atoms with Crippen LogP contribution in [0.2, 0.25) is 0 Å². The predicted molar refractivity (Wildman–Crippen MR) is 38.7 cm³/mol. The third kappa shape index (κ3) is 0.472. The van der Waals surface area contributed by atoms with Crippen molar-refractivity contribution in [1.82, 2.24) is 0 Å². The van der Waals surface area contributed by atoms with Crippen molar-refractivity contribution in [1.29, 1.82) is 0 Å². The number of hydrogen-bond acceptors (Lipinski definition) is 2.